The summed E-state index contributed by atoms with van der Waals surface area (Å²) in [4.78, 5) is 26.1. The highest BCUT2D eigenvalue weighted by molar-refractivity contribution is 5.90. The summed E-state index contributed by atoms with van der Waals surface area (Å²) in [6, 6.07) is -0.573. The van der Waals surface area contributed by atoms with Crippen LogP contribution in [0.1, 0.15) is 42.9 Å². The molecule has 0 aliphatic carbocycles. The summed E-state index contributed by atoms with van der Waals surface area (Å²) in [7, 11) is 2.88. The number of hydrogen-bond acceptors (Lipinski definition) is 7. The standard InChI is InChI=1S/C15H24N4O5/c1-15(2,3)24-14(21)19-6-7-23-8-9(19)10-11(13(20)22-5)17-18(4)12(10)16/h9H,6-8,16H2,1-5H3. The molecule has 1 unspecified atom stereocenters. The van der Waals surface area contributed by atoms with E-state index < -0.39 is 23.7 Å². The average Bonchev–Trinajstić information content (AvgIpc) is 2.80. The van der Waals surface area contributed by atoms with Crippen LogP contribution < -0.4 is 5.73 Å². The van der Waals surface area contributed by atoms with Gasteiger partial charge in [-0.05, 0) is 20.8 Å². The van der Waals surface area contributed by atoms with Crippen LogP contribution >= 0.6 is 0 Å². The molecule has 1 aromatic rings. The van der Waals surface area contributed by atoms with Crippen LogP contribution in [-0.2, 0) is 21.3 Å². The molecule has 2 rings (SSSR count). The molecule has 0 saturated carbocycles. The number of nitrogens with two attached hydrogens (primary N) is 1. The third kappa shape index (κ3) is 3.61. The van der Waals surface area contributed by atoms with Crippen LogP contribution in [0, 0.1) is 0 Å². The number of morpholine rings is 1. The van der Waals surface area contributed by atoms with Gasteiger partial charge in [0.15, 0.2) is 5.69 Å². The Morgan fingerprint density at radius 3 is 2.62 bits per heavy atom. The number of anilines is 1. The van der Waals surface area contributed by atoms with Crippen LogP contribution in [-0.4, -0.2) is 59.2 Å². The Kier molecular flexibility index (Phi) is 5.02. The summed E-state index contributed by atoms with van der Waals surface area (Å²) < 4.78 is 17.1. The van der Waals surface area contributed by atoms with Crippen molar-refractivity contribution in [1.82, 2.24) is 14.7 Å². The molecule has 0 bridgehead atoms. The first-order valence-corrected chi connectivity index (χ1v) is 7.63. The lowest BCUT2D eigenvalue weighted by atomic mass is 10.0. The van der Waals surface area contributed by atoms with Crippen molar-refractivity contribution >= 4 is 17.9 Å². The van der Waals surface area contributed by atoms with Crippen molar-refractivity contribution in [3.8, 4) is 0 Å². The van der Waals surface area contributed by atoms with Crippen LogP contribution in [0.3, 0.4) is 0 Å². The number of carbonyl (C=O) groups is 2. The summed E-state index contributed by atoms with van der Waals surface area (Å²) >= 11 is 0. The van der Waals surface area contributed by atoms with Crippen LogP contribution in [0.5, 0.6) is 0 Å². The van der Waals surface area contributed by atoms with Gasteiger partial charge in [-0.1, -0.05) is 0 Å². The number of nitrogens with zero attached hydrogens (tertiary/aromatic N) is 3. The molecular weight excluding hydrogens is 316 g/mol. The maximum Gasteiger partial charge on any atom is 0.410 e. The molecule has 1 aliphatic heterocycles. The molecule has 1 aliphatic rings. The van der Waals surface area contributed by atoms with Gasteiger partial charge in [-0.15, -0.1) is 0 Å². The Bertz CT molecular complexity index is 635. The minimum Gasteiger partial charge on any atom is -0.464 e. The minimum absolute atomic E-state index is 0.0709. The van der Waals surface area contributed by atoms with Gasteiger partial charge in [-0.25, -0.2) is 9.59 Å². The fourth-order valence-electron chi connectivity index (χ4n) is 2.51. The van der Waals surface area contributed by atoms with Crippen molar-refractivity contribution in [3.63, 3.8) is 0 Å². The summed E-state index contributed by atoms with van der Waals surface area (Å²) in [5, 5.41) is 4.11. The molecule has 9 nitrogen and oxygen atoms in total. The molecule has 1 fully saturated rings. The van der Waals surface area contributed by atoms with E-state index in [0.717, 1.165) is 0 Å². The summed E-state index contributed by atoms with van der Waals surface area (Å²) in [5.41, 5.74) is 5.92. The second kappa shape index (κ2) is 6.68. The molecule has 1 saturated heterocycles. The summed E-state index contributed by atoms with van der Waals surface area (Å²) in [6.07, 6.45) is -0.491. The van der Waals surface area contributed by atoms with E-state index in [1.54, 1.807) is 27.8 Å². The van der Waals surface area contributed by atoms with Crippen molar-refractivity contribution < 1.29 is 23.8 Å². The van der Waals surface area contributed by atoms with Gasteiger partial charge < -0.3 is 19.9 Å². The normalized spacial score (nSPS) is 18.4. The predicted octanol–water partition coefficient (Wildman–Crippen LogP) is 1.10. The zero-order chi connectivity index (χ0) is 18.1. The van der Waals surface area contributed by atoms with Crippen molar-refractivity contribution in [2.75, 3.05) is 32.6 Å². The summed E-state index contributed by atoms with van der Waals surface area (Å²) in [5.74, 6) is -0.341. The van der Waals surface area contributed by atoms with E-state index in [0.29, 0.717) is 18.7 Å². The Balaban J connectivity index is 2.41. The average molecular weight is 340 g/mol. The fourth-order valence-corrected chi connectivity index (χ4v) is 2.51. The zero-order valence-electron chi connectivity index (χ0n) is 14.7. The molecule has 9 heteroatoms. The Morgan fingerprint density at radius 1 is 1.38 bits per heavy atom. The molecule has 0 radical (unpaired) electrons. The lowest BCUT2D eigenvalue weighted by molar-refractivity contribution is -0.0332. The van der Waals surface area contributed by atoms with Crippen LogP contribution in [0.25, 0.3) is 0 Å². The number of rotatable bonds is 2. The highest BCUT2D eigenvalue weighted by Crippen LogP contribution is 2.32. The van der Waals surface area contributed by atoms with Crippen molar-refractivity contribution in [3.05, 3.63) is 11.3 Å². The molecule has 134 valence electrons. The predicted molar refractivity (Wildman–Crippen MR) is 85.5 cm³/mol. The topological polar surface area (TPSA) is 109 Å². The van der Waals surface area contributed by atoms with Gasteiger partial charge in [0.1, 0.15) is 11.4 Å². The first-order valence-electron chi connectivity index (χ1n) is 7.63. The highest BCUT2D eigenvalue weighted by atomic mass is 16.6. The molecular formula is C15H24N4O5. The molecule has 2 N–H and O–H groups in total. The quantitative estimate of drug-likeness (QED) is 0.803. The molecule has 1 aromatic heterocycles. The van der Waals surface area contributed by atoms with Gasteiger partial charge in [0, 0.05) is 13.6 Å². The number of nitrogen functional groups attached to an aromatic ring is 1. The molecule has 0 spiro atoms. The van der Waals surface area contributed by atoms with E-state index >= 15 is 0 Å². The van der Waals surface area contributed by atoms with E-state index in [1.165, 1.54) is 16.7 Å². The van der Waals surface area contributed by atoms with E-state index in [4.69, 9.17) is 19.9 Å². The fraction of sp³-hybridized carbons (Fsp3) is 0.667. The van der Waals surface area contributed by atoms with Crippen LogP contribution in [0.2, 0.25) is 0 Å². The second-order valence-corrected chi connectivity index (χ2v) is 6.53. The molecule has 0 aromatic carbocycles. The number of aryl methyl sites for hydroxylation is 1. The highest BCUT2D eigenvalue weighted by Gasteiger charge is 2.37. The zero-order valence-corrected chi connectivity index (χ0v) is 14.7. The van der Waals surface area contributed by atoms with E-state index in [-0.39, 0.29) is 18.1 Å². The molecule has 24 heavy (non-hydrogen) atoms. The van der Waals surface area contributed by atoms with E-state index in [1.807, 2.05) is 0 Å². The molecule has 2 heterocycles. The third-order valence-corrected chi connectivity index (χ3v) is 3.60. The SMILES string of the molecule is COC(=O)c1nn(C)c(N)c1C1COCCN1C(=O)OC(C)(C)C. The minimum atomic E-state index is -0.633. The Morgan fingerprint density at radius 2 is 2.04 bits per heavy atom. The number of ether oxygens (including phenoxy) is 3. The Labute approximate surface area is 140 Å². The number of methoxy groups -OCH3 is 1. The van der Waals surface area contributed by atoms with E-state index in [9.17, 15) is 9.59 Å². The lowest BCUT2D eigenvalue weighted by Crippen LogP contribution is -2.46. The van der Waals surface area contributed by atoms with Gasteiger partial charge in [0.25, 0.3) is 0 Å². The van der Waals surface area contributed by atoms with Crippen molar-refractivity contribution in [1.29, 1.82) is 0 Å². The van der Waals surface area contributed by atoms with Crippen LogP contribution in [0.4, 0.5) is 10.6 Å². The van der Waals surface area contributed by atoms with Crippen molar-refractivity contribution in [2.45, 2.75) is 32.4 Å². The van der Waals surface area contributed by atoms with Gasteiger partial charge in [0.05, 0.1) is 31.9 Å². The number of hydrogen-bond donors (Lipinski definition) is 1. The molecule has 1 atom stereocenters. The van der Waals surface area contributed by atoms with Gasteiger partial charge in [-0.2, -0.15) is 5.10 Å². The first kappa shape index (κ1) is 18.1. The largest absolute Gasteiger partial charge is 0.464 e. The smallest absolute Gasteiger partial charge is 0.410 e. The number of carbonyl (C=O) groups excluding carboxylic acids is 2. The Hall–Kier alpha value is -2.29. The van der Waals surface area contributed by atoms with Gasteiger partial charge in [-0.3, -0.25) is 9.58 Å². The van der Waals surface area contributed by atoms with Gasteiger partial charge >= 0.3 is 12.1 Å². The third-order valence-electron chi connectivity index (χ3n) is 3.60. The van der Waals surface area contributed by atoms with Crippen LogP contribution in [0.15, 0.2) is 0 Å². The summed E-state index contributed by atoms with van der Waals surface area (Å²) in [6.45, 7) is 6.27. The number of aromatic nitrogens is 2. The van der Waals surface area contributed by atoms with Gasteiger partial charge in [0.2, 0.25) is 0 Å². The lowest BCUT2D eigenvalue weighted by Gasteiger charge is -2.36. The maximum absolute atomic E-state index is 12.5. The first-order chi connectivity index (χ1) is 11.2. The van der Waals surface area contributed by atoms with E-state index in [2.05, 4.69) is 5.10 Å². The maximum atomic E-state index is 12.5. The monoisotopic (exact) mass is 340 g/mol. The second-order valence-electron chi connectivity index (χ2n) is 6.53. The number of amides is 1. The number of esters is 1. The van der Waals surface area contributed by atoms with Crippen molar-refractivity contribution in [2.24, 2.45) is 7.05 Å². The molecule has 1 amide bonds.